The number of aromatic nitrogens is 2. The van der Waals surface area contributed by atoms with Gasteiger partial charge in [0.15, 0.2) is 5.96 Å². The van der Waals surface area contributed by atoms with E-state index >= 15 is 0 Å². The second kappa shape index (κ2) is 14.5. The highest BCUT2D eigenvalue weighted by molar-refractivity contribution is 5.99. The van der Waals surface area contributed by atoms with Gasteiger partial charge in [-0.1, -0.05) is 30.3 Å². The van der Waals surface area contributed by atoms with E-state index in [1.165, 1.54) is 12.1 Å². The number of guanidine groups is 1. The quantitative estimate of drug-likeness (QED) is 0.207. The van der Waals surface area contributed by atoms with Crippen LogP contribution in [0.5, 0.6) is 0 Å². The average Bonchev–Trinajstić information content (AvgIpc) is 3.00. The van der Waals surface area contributed by atoms with Crippen molar-refractivity contribution in [2.24, 2.45) is 4.99 Å². The van der Waals surface area contributed by atoms with E-state index in [9.17, 15) is 14.4 Å². The van der Waals surface area contributed by atoms with E-state index in [0.29, 0.717) is 47.7 Å². The Kier molecular flexibility index (Phi) is 10.4. The summed E-state index contributed by atoms with van der Waals surface area (Å²) in [5.74, 6) is 0.600. The Morgan fingerprint density at radius 2 is 1.72 bits per heavy atom. The number of anilines is 1. The minimum Gasteiger partial charge on any atom is -0.369 e. The molecule has 0 saturated carbocycles. The molecule has 43 heavy (non-hydrogen) atoms. The smallest absolute Gasteiger partial charge is 0.255 e. The molecule has 9 nitrogen and oxygen atoms in total. The molecule has 0 aliphatic rings. The largest absolute Gasteiger partial charge is 0.369 e. The first-order valence-corrected chi connectivity index (χ1v) is 13.8. The van der Waals surface area contributed by atoms with Crippen molar-refractivity contribution >= 4 is 17.7 Å². The van der Waals surface area contributed by atoms with Crippen molar-refractivity contribution in [3.63, 3.8) is 0 Å². The van der Waals surface area contributed by atoms with Crippen molar-refractivity contribution in [2.75, 3.05) is 40.1 Å². The maximum absolute atomic E-state index is 13.7. The lowest BCUT2D eigenvalue weighted by Crippen LogP contribution is -2.35. The van der Waals surface area contributed by atoms with Crippen molar-refractivity contribution in [3.05, 3.63) is 113 Å². The van der Waals surface area contributed by atoms with Crippen LogP contribution in [-0.2, 0) is 19.5 Å². The van der Waals surface area contributed by atoms with E-state index in [1.54, 1.807) is 42.7 Å². The molecule has 10 heteroatoms. The van der Waals surface area contributed by atoms with E-state index in [0.717, 1.165) is 22.6 Å². The SMILES string of the molecule is CN(C)C(=NCc1cncc(CNC(=O)c2ccc(-c3ccccc3C#N)nc2NCCc2cccc(F)c2)c1)N(C)C. The van der Waals surface area contributed by atoms with Crippen LogP contribution in [0.25, 0.3) is 11.3 Å². The fourth-order valence-corrected chi connectivity index (χ4v) is 4.60. The lowest BCUT2D eigenvalue weighted by Gasteiger charge is -2.22. The molecule has 0 aliphatic heterocycles. The standard InChI is InChI=1S/C33H35FN8O/c1-41(2)33(42(3)4)39-22-25-16-24(19-36-20-25)21-38-32(43)29-12-13-30(28-11-6-5-9-26(28)18-35)40-31(29)37-15-14-23-8-7-10-27(34)17-23/h5-13,16-17,19-20H,14-15,21-22H2,1-4H3,(H,37,40)(H,38,43). The average molecular weight is 579 g/mol. The maximum atomic E-state index is 13.7. The van der Waals surface area contributed by atoms with Gasteiger partial charge in [0.25, 0.3) is 5.91 Å². The molecule has 2 aromatic heterocycles. The van der Waals surface area contributed by atoms with Gasteiger partial charge < -0.3 is 20.4 Å². The molecule has 0 fully saturated rings. The Morgan fingerprint density at radius 3 is 2.47 bits per heavy atom. The van der Waals surface area contributed by atoms with Crippen LogP contribution in [0.3, 0.4) is 0 Å². The number of halogens is 1. The molecule has 0 bridgehead atoms. The number of nitriles is 1. The van der Waals surface area contributed by atoms with Crippen LogP contribution in [0.15, 0.2) is 84.1 Å². The first-order chi connectivity index (χ1) is 20.7. The maximum Gasteiger partial charge on any atom is 0.255 e. The fourth-order valence-electron chi connectivity index (χ4n) is 4.60. The molecule has 0 radical (unpaired) electrons. The monoisotopic (exact) mass is 578 g/mol. The topological polar surface area (TPSA) is 110 Å². The minimum absolute atomic E-state index is 0.263. The number of hydrogen-bond donors (Lipinski definition) is 2. The number of carbonyl (C=O) groups is 1. The highest BCUT2D eigenvalue weighted by Crippen LogP contribution is 2.25. The normalized spacial score (nSPS) is 10.4. The van der Waals surface area contributed by atoms with E-state index in [4.69, 9.17) is 4.98 Å². The molecule has 4 aromatic rings. The molecule has 0 saturated heterocycles. The summed E-state index contributed by atoms with van der Waals surface area (Å²) in [5.41, 5.74) is 4.66. The summed E-state index contributed by atoms with van der Waals surface area (Å²) in [4.78, 5) is 31.0. The van der Waals surface area contributed by atoms with Gasteiger partial charge in [-0.15, -0.1) is 0 Å². The van der Waals surface area contributed by atoms with Crippen molar-refractivity contribution in [3.8, 4) is 17.3 Å². The highest BCUT2D eigenvalue weighted by atomic mass is 19.1. The zero-order valence-corrected chi connectivity index (χ0v) is 24.8. The van der Waals surface area contributed by atoms with Crippen LogP contribution in [0, 0.1) is 17.1 Å². The van der Waals surface area contributed by atoms with Gasteiger partial charge in [0.05, 0.1) is 29.4 Å². The van der Waals surface area contributed by atoms with E-state index < -0.39 is 0 Å². The summed E-state index contributed by atoms with van der Waals surface area (Å²) in [6.07, 6.45) is 4.01. The third-order valence-corrected chi connectivity index (χ3v) is 6.57. The van der Waals surface area contributed by atoms with E-state index in [1.807, 2.05) is 62.3 Å². The molecule has 4 rings (SSSR count). The van der Waals surface area contributed by atoms with Crippen molar-refractivity contribution in [2.45, 2.75) is 19.5 Å². The molecule has 2 N–H and O–H groups in total. The Balaban J connectivity index is 1.52. The number of carbonyl (C=O) groups excluding carboxylic acids is 1. The number of aliphatic imine (C=N–C) groups is 1. The summed E-state index contributed by atoms with van der Waals surface area (Å²) in [7, 11) is 7.77. The molecule has 0 atom stereocenters. The van der Waals surface area contributed by atoms with Crippen LogP contribution < -0.4 is 10.6 Å². The van der Waals surface area contributed by atoms with Crippen LogP contribution in [-0.4, -0.2) is 66.4 Å². The Morgan fingerprint density at radius 1 is 0.953 bits per heavy atom. The van der Waals surface area contributed by atoms with Gasteiger partial charge in [0, 0.05) is 59.2 Å². The van der Waals surface area contributed by atoms with Gasteiger partial charge in [0.1, 0.15) is 11.6 Å². The molecule has 220 valence electrons. The fraction of sp³-hybridized carbons (Fsp3) is 0.242. The summed E-state index contributed by atoms with van der Waals surface area (Å²) in [6, 6.07) is 21.2. The van der Waals surface area contributed by atoms with Crippen LogP contribution in [0.2, 0.25) is 0 Å². The van der Waals surface area contributed by atoms with E-state index in [-0.39, 0.29) is 18.3 Å². The molecule has 2 heterocycles. The number of pyridine rings is 2. The van der Waals surface area contributed by atoms with Crippen LogP contribution in [0.1, 0.15) is 32.6 Å². The Hall–Kier alpha value is -5.30. The lowest BCUT2D eigenvalue weighted by molar-refractivity contribution is 0.0951. The summed E-state index contributed by atoms with van der Waals surface area (Å²) >= 11 is 0. The highest BCUT2D eigenvalue weighted by Gasteiger charge is 2.16. The summed E-state index contributed by atoms with van der Waals surface area (Å²) in [6.45, 7) is 1.14. The molecular weight excluding hydrogens is 543 g/mol. The molecule has 0 unspecified atom stereocenters. The minimum atomic E-state index is -0.313. The van der Waals surface area contributed by atoms with Gasteiger partial charge in [-0.3, -0.25) is 9.78 Å². The van der Waals surface area contributed by atoms with Crippen LogP contribution in [0.4, 0.5) is 10.2 Å². The molecule has 2 aromatic carbocycles. The first kappa shape index (κ1) is 30.7. The predicted octanol–water partition coefficient (Wildman–Crippen LogP) is 4.72. The molecular formula is C33H35FN8O. The van der Waals surface area contributed by atoms with Crippen LogP contribution >= 0.6 is 0 Å². The zero-order chi connectivity index (χ0) is 30.8. The summed E-state index contributed by atoms with van der Waals surface area (Å²) in [5, 5.41) is 15.8. The molecule has 0 spiro atoms. The number of amides is 1. The number of rotatable bonds is 10. The number of hydrogen-bond acceptors (Lipinski definition) is 6. The number of nitrogens with one attached hydrogen (secondary N) is 2. The molecule has 1 amide bonds. The molecule has 0 aliphatic carbocycles. The Labute approximate surface area is 251 Å². The predicted molar refractivity (Wildman–Crippen MR) is 167 cm³/mol. The lowest BCUT2D eigenvalue weighted by atomic mass is 10.0. The van der Waals surface area contributed by atoms with E-state index in [2.05, 4.69) is 26.7 Å². The van der Waals surface area contributed by atoms with Gasteiger partial charge in [-0.05, 0) is 59.5 Å². The van der Waals surface area contributed by atoms with Crippen molar-refractivity contribution < 1.29 is 9.18 Å². The zero-order valence-electron chi connectivity index (χ0n) is 24.8. The van der Waals surface area contributed by atoms with Crippen molar-refractivity contribution in [1.82, 2.24) is 25.1 Å². The van der Waals surface area contributed by atoms with Gasteiger partial charge >= 0.3 is 0 Å². The van der Waals surface area contributed by atoms with Gasteiger partial charge in [-0.2, -0.15) is 5.26 Å². The van der Waals surface area contributed by atoms with Gasteiger partial charge in [0.2, 0.25) is 0 Å². The van der Waals surface area contributed by atoms with Gasteiger partial charge in [-0.25, -0.2) is 14.4 Å². The third-order valence-electron chi connectivity index (χ3n) is 6.57. The number of nitrogens with zero attached hydrogens (tertiary/aromatic N) is 6. The summed E-state index contributed by atoms with van der Waals surface area (Å²) < 4.78 is 13.7. The third kappa shape index (κ3) is 8.36. The second-order valence-electron chi connectivity index (χ2n) is 10.3. The Bertz CT molecular complexity index is 1630. The second-order valence-corrected chi connectivity index (χ2v) is 10.3. The van der Waals surface area contributed by atoms with Crippen molar-refractivity contribution in [1.29, 1.82) is 5.26 Å². The number of benzene rings is 2. The first-order valence-electron chi connectivity index (χ1n) is 13.8.